The van der Waals surface area contributed by atoms with E-state index in [2.05, 4.69) is 16.0 Å². The summed E-state index contributed by atoms with van der Waals surface area (Å²) in [7, 11) is 0. The molecule has 0 saturated carbocycles. The summed E-state index contributed by atoms with van der Waals surface area (Å²) in [4.78, 5) is 26.3. The summed E-state index contributed by atoms with van der Waals surface area (Å²) in [6, 6.07) is 14.0. The van der Waals surface area contributed by atoms with Gasteiger partial charge in [-0.05, 0) is 48.2 Å². The molecule has 0 aliphatic carbocycles. The Hall–Kier alpha value is -2.99. The van der Waals surface area contributed by atoms with E-state index >= 15 is 0 Å². The van der Waals surface area contributed by atoms with Gasteiger partial charge in [0.2, 0.25) is 0 Å². The molecule has 3 heterocycles. The highest BCUT2D eigenvalue weighted by Gasteiger charge is 2.20. The Morgan fingerprint density at radius 3 is 2.52 bits per heavy atom. The highest BCUT2D eigenvalue weighted by molar-refractivity contribution is 5.96. The lowest BCUT2D eigenvalue weighted by Crippen LogP contribution is -2.36. The van der Waals surface area contributed by atoms with Crippen molar-refractivity contribution in [3.8, 4) is 11.1 Å². The maximum atomic E-state index is 12.8. The molecule has 2 aliphatic heterocycles. The van der Waals surface area contributed by atoms with Crippen LogP contribution < -0.4 is 4.90 Å². The Bertz CT molecular complexity index is 1040. The molecule has 5 rings (SSSR count). The van der Waals surface area contributed by atoms with E-state index in [1.165, 1.54) is 0 Å². The van der Waals surface area contributed by atoms with E-state index in [1.807, 2.05) is 47.5 Å². The van der Waals surface area contributed by atoms with Crippen molar-refractivity contribution in [1.29, 1.82) is 0 Å². The number of carbonyl (C=O) groups excluding carboxylic acids is 1. The third-order valence-corrected chi connectivity index (χ3v) is 5.70. The number of amides is 1. The fourth-order valence-corrected chi connectivity index (χ4v) is 4.06. The number of anilines is 1. The zero-order valence-electron chi connectivity index (χ0n) is 16.4. The molecule has 2 aliphatic rings. The number of fused-ring (bicyclic) bond motifs is 1. The van der Waals surface area contributed by atoms with Crippen molar-refractivity contribution in [2.24, 2.45) is 0 Å². The summed E-state index contributed by atoms with van der Waals surface area (Å²) in [5, 5.41) is 0. The van der Waals surface area contributed by atoms with E-state index in [-0.39, 0.29) is 5.91 Å². The molecule has 148 valence electrons. The van der Waals surface area contributed by atoms with Crippen molar-refractivity contribution in [2.45, 2.75) is 12.8 Å². The molecule has 1 amide bonds. The Labute approximate surface area is 170 Å². The van der Waals surface area contributed by atoms with Crippen LogP contribution in [0.2, 0.25) is 0 Å². The molecule has 0 spiro atoms. The van der Waals surface area contributed by atoms with Gasteiger partial charge in [0, 0.05) is 31.7 Å². The van der Waals surface area contributed by atoms with E-state index in [4.69, 9.17) is 9.72 Å². The van der Waals surface area contributed by atoms with Gasteiger partial charge in [0.1, 0.15) is 5.82 Å². The Morgan fingerprint density at radius 2 is 1.69 bits per heavy atom. The second-order valence-corrected chi connectivity index (χ2v) is 7.61. The first-order chi connectivity index (χ1) is 14.3. The number of rotatable bonds is 3. The molecule has 0 bridgehead atoms. The van der Waals surface area contributed by atoms with E-state index in [9.17, 15) is 4.79 Å². The van der Waals surface area contributed by atoms with Gasteiger partial charge >= 0.3 is 0 Å². The van der Waals surface area contributed by atoms with Crippen LogP contribution in [0.4, 0.5) is 5.82 Å². The smallest absolute Gasteiger partial charge is 0.253 e. The monoisotopic (exact) mass is 388 g/mol. The van der Waals surface area contributed by atoms with Crippen molar-refractivity contribution >= 4 is 22.8 Å². The fourth-order valence-electron chi connectivity index (χ4n) is 4.06. The van der Waals surface area contributed by atoms with Crippen LogP contribution in [0, 0.1) is 0 Å². The van der Waals surface area contributed by atoms with Gasteiger partial charge < -0.3 is 14.5 Å². The van der Waals surface area contributed by atoms with E-state index in [0.29, 0.717) is 0 Å². The van der Waals surface area contributed by atoms with Crippen LogP contribution in [0.15, 0.2) is 48.7 Å². The number of benzene rings is 2. The quantitative estimate of drug-likeness (QED) is 0.689. The number of hydrogen-bond donors (Lipinski definition) is 0. The first kappa shape index (κ1) is 18.1. The van der Waals surface area contributed by atoms with Crippen molar-refractivity contribution in [2.75, 3.05) is 44.3 Å². The van der Waals surface area contributed by atoms with Crippen LogP contribution in [0.1, 0.15) is 23.2 Å². The first-order valence-corrected chi connectivity index (χ1v) is 10.3. The zero-order valence-corrected chi connectivity index (χ0v) is 16.4. The van der Waals surface area contributed by atoms with Crippen molar-refractivity contribution < 1.29 is 9.53 Å². The van der Waals surface area contributed by atoms with E-state index in [1.54, 1.807) is 0 Å². The third kappa shape index (κ3) is 3.68. The van der Waals surface area contributed by atoms with Crippen LogP contribution in [0.25, 0.3) is 22.2 Å². The van der Waals surface area contributed by atoms with Gasteiger partial charge in [0.15, 0.2) is 0 Å². The number of hydrogen-bond acceptors (Lipinski definition) is 5. The van der Waals surface area contributed by atoms with Crippen molar-refractivity contribution in [3.05, 3.63) is 54.2 Å². The molecule has 1 aromatic heterocycles. The molecule has 29 heavy (non-hydrogen) atoms. The number of nitrogens with zero attached hydrogens (tertiary/aromatic N) is 4. The van der Waals surface area contributed by atoms with Crippen molar-refractivity contribution in [1.82, 2.24) is 14.9 Å². The largest absolute Gasteiger partial charge is 0.378 e. The molecule has 3 aromatic rings. The van der Waals surface area contributed by atoms with Gasteiger partial charge in [-0.15, -0.1) is 0 Å². The van der Waals surface area contributed by atoms with Gasteiger partial charge in [0.05, 0.1) is 30.4 Å². The number of likely N-dealkylation sites (tertiary alicyclic amines) is 1. The molecule has 0 radical (unpaired) electrons. The molecule has 0 atom stereocenters. The second kappa shape index (κ2) is 7.79. The average molecular weight is 388 g/mol. The molecule has 2 aromatic carbocycles. The normalized spacial score (nSPS) is 17.1. The number of aromatic nitrogens is 2. The van der Waals surface area contributed by atoms with Crippen LogP contribution >= 0.6 is 0 Å². The summed E-state index contributed by atoms with van der Waals surface area (Å²) >= 11 is 0. The van der Waals surface area contributed by atoms with Gasteiger partial charge in [-0.2, -0.15) is 0 Å². The summed E-state index contributed by atoms with van der Waals surface area (Å²) < 4.78 is 5.43. The molecule has 2 saturated heterocycles. The molecule has 6 heteroatoms. The maximum absolute atomic E-state index is 12.8. The number of morpholine rings is 1. The van der Waals surface area contributed by atoms with Gasteiger partial charge in [-0.25, -0.2) is 4.98 Å². The summed E-state index contributed by atoms with van der Waals surface area (Å²) in [5.74, 6) is 1.01. The lowest BCUT2D eigenvalue weighted by molar-refractivity contribution is 0.0793. The van der Waals surface area contributed by atoms with Crippen LogP contribution in [-0.4, -0.2) is 60.2 Å². The fraction of sp³-hybridized carbons (Fsp3) is 0.348. The standard InChI is InChI=1S/C23H24N4O2/c28-23(27-8-1-2-9-27)19-5-3-4-17(14-19)18-6-7-20-21(15-18)25-22(16-24-20)26-10-12-29-13-11-26/h3-7,14-16H,1-2,8-13H2. The molecule has 6 nitrogen and oxygen atoms in total. The number of carbonyl (C=O) groups is 1. The van der Waals surface area contributed by atoms with Gasteiger partial charge in [-0.1, -0.05) is 18.2 Å². The molecule has 0 N–H and O–H groups in total. The lowest BCUT2D eigenvalue weighted by Gasteiger charge is -2.27. The third-order valence-electron chi connectivity index (χ3n) is 5.70. The topological polar surface area (TPSA) is 58.6 Å². The van der Waals surface area contributed by atoms with Crippen LogP contribution in [-0.2, 0) is 4.74 Å². The summed E-state index contributed by atoms with van der Waals surface area (Å²) in [6.45, 7) is 4.83. The minimum Gasteiger partial charge on any atom is -0.378 e. The zero-order chi connectivity index (χ0) is 19.6. The minimum atomic E-state index is 0.125. The second-order valence-electron chi connectivity index (χ2n) is 7.61. The van der Waals surface area contributed by atoms with E-state index in [0.717, 1.165) is 85.8 Å². The van der Waals surface area contributed by atoms with E-state index < -0.39 is 0 Å². The Kier molecular flexibility index (Phi) is 4.86. The van der Waals surface area contributed by atoms with Crippen LogP contribution in [0.3, 0.4) is 0 Å². The van der Waals surface area contributed by atoms with Gasteiger partial charge in [-0.3, -0.25) is 9.78 Å². The Balaban J connectivity index is 1.46. The maximum Gasteiger partial charge on any atom is 0.253 e. The minimum absolute atomic E-state index is 0.125. The highest BCUT2D eigenvalue weighted by Crippen LogP contribution is 2.26. The predicted molar refractivity (Wildman–Crippen MR) is 113 cm³/mol. The van der Waals surface area contributed by atoms with Gasteiger partial charge in [0.25, 0.3) is 5.91 Å². The number of ether oxygens (including phenoxy) is 1. The Morgan fingerprint density at radius 1 is 0.897 bits per heavy atom. The lowest BCUT2D eigenvalue weighted by atomic mass is 10.0. The summed E-state index contributed by atoms with van der Waals surface area (Å²) in [5.41, 5.74) is 4.55. The van der Waals surface area contributed by atoms with Crippen LogP contribution in [0.5, 0.6) is 0 Å². The molecular weight excluding hydrogens is 364 g/mol. The summed E-state index contributed by atoms with van der Waals surface area (Å²) in [6.07, 6.45) is 4.03. The molecular formula is C23H24N4O2. The van der Waals surface area contributed by atoms with Crippen molar-refractivity contribution in [3.63, 3.8) is 0 Å². The predicted octanol–water partition coefficient (Wildman–Crippen LogP) is 3.37. The highest BCUT2D eigenvalue weighted by atomic mass is 16.5. The molecule has 0 unspecified atom stereocenters. The SMILES string of the molecule is O=C(c1cccc(-c2ccc3ncc(N4CCOCC4)nc3c2)c1)N1CCCC1. The average Bonchev–Trinajstić information content (AvgIpc) is 3.33. The molecule has 2 fully saturated rings. The first-order valence-electron chi connectivity index (χ1n) is 10.3.